The van der Waals surface area contributed by atoms with Gasteiger partial charge in [0.05, 0.1) is 32.3 Å². The molecular weight excluding hydrogens is 1090 g/mol. The quantitative estimate of drug-likeness (QED) is 0.165. The summed E-state index contributed by atoms with van der Waals surface area (Å²) < 4.78 is 13.5. The fraction of sp³-hybridized carbons (Fsp3) is 0. The molecule has 19 aromatic rings. The third-order valence-electron chi connectivity index (χ3n) is 17.2. The molecule has 410 valence electrons. The monoisotopic (exact) mass is 1140 g/mol. The first-order valence-electron chi connectivity index (χ1n) is 29.4. The number of nitrogens with zero attached hydrogens (tertiary/aromatic N) is 7. The summed E-state index contributed by atoms with van der Waals surface area (Å²) in [5.74, 6) is 3.02. The summed E-state index contributed by atoms with van der Waals surface area (Å²) in [5.41, 5.74) is 14.1. The van der Waals surface area contributed by atoms with Crippen LogP contribution in [0.5, 0.6) is 0 Å². The smallest absolute Gasteiger partial charge is 0.197 e. The molecule has 0 aliphatic carbocycles. The fourth-order valence-corrected chi connectivity index (χ4v) is 14.1. The Bertz CT molecular complexity index is 6010. The molecule has 7 aromatic heterocycles. The molecule has 0 saturated carbocycles. The van der Waals surface area contributed by atoms with Crippen LogP contribution in [-0.4, -0.2) is 34.1 Å². The van der Waals surface area contributed by atoms with Crippen molar-refractivity contribution in [2.45, 2.75) is 0 Å². The van der Waals surface area contributed by atoms with Crippen LogP contribution in [0.25, 0.3) is 175 Å². The van der Waals surface area contributed by atoms with Crippen LogP contribution in [0.1, 0.15) is 0 Å². The molecule has 0 fully saturated rings. The summed E-state index contributed by atoms with van der Waals surface area (Å²) in [7, 11) is 0. The number of furan rings is 1. The number of hydrogen-bond donors (Lipinski definition) is 0. The third-order valence-corrected chi connectivity index (χ3v) is 18.4. The molecule has 0 saturated heterocycles. The lowest BCUT2D eigenvalue weighted by Gasteiger charge is -2.11. The van der Waals surface area contributed by atoms with Gasteiger partial charge in [-0.05, 0) is 122 Å². The number of hydrogen-bond acceptors (Lipinski definition) is 7. The van der Waals surface area contributed by atoms with Crippen LogP contribution in [0.15, 0.2) is 290 Å². The molecule has 19 rings (SSSR count). The van der Waals surface area contributed by atoms with Crippen molar-refractivity contribution in [2.75, 3.05) is 0 Å². The third kappa shape index (κ3) is 8.09. The van der Waals surface area contributed by atoms with E-state index in [0.29, 0.717) is 11.4 Å². The van der Waals surface area contributed by atoms with Crippen molar-refractivity contribution in [3.05, 3.63) is 285 Å². The first-order valence-corrected chi connectivity index (χ1v) is 30.3. The fourth-order valence-electron chi connectivity index (χ4n) is 13.0. The summed E-state index contributed by atoms with van der Waals surface area (Å²) >= 11 is 1.75. The summed E-state index contributed by atoms with van der Waals surface area (Å²) in [6.07, 6.45) is 3.72. The topological polar surface area (TPSA) is 87.5 Å². The number of para-hydroxylation sites is 2. The largest absolute Gasteiger partial charge is 0.450 e. The second-order valence-electron chi connectivity index (χ2n) is 22.4. The van der Waals surface area contributed by atoms with Crippen LogP contribution < -0.4 is 0 Å². The zero-order valence-electron chi connectivity index (χ0n) is 47.1. The van der Waals surface area contributed by atoms with E-state index >= 15 is 0 Å². The minimum atomic E-state index is 0.661. The van der Waals surface area contributed by atoms with Gasteiger partial charge in [-0.2, -0.15) is 0 Å². The van der Waals surface area contributed by atoms with Crippen LogP contribution >= 0.6 is 11.3 Å². The van der Waals surface area contributed by atoms with Gasteiger partial charge in [0.1, 0.15) is 11.1 Å². The van der Waals surface area contributed by atoms with E-state index in [1.807, 2.05) is 54.9 Å². The molecular formula is C79H47N7OS. The van der Waals surface area contributed by atoms with Gasteiger partial charge in [0.15, 0.2) is 28.9 Å². The van der Waals surface area contributed by atoms with E-state index in [-0.39, 0.29) is 0 Å². The summed E-state index contributed by atoms with van der Waals surface area (Å²) in [5, 5.41) is 14.1. The first-order chi connectivity index (χ1) is 43.6. The Labute approximate surface area is 507 Å². The van der Waals surface area contributed by atoms with Gasteiger partial charge in [-0.25, -0.2) is 19.9 Å². The Kier molecular flexibility index (Phi) is 11.3. The second-order valence-corrected chi connectivity index (χ2v) is 23.4. The van der Waals surface area contributed by atoms with Gasteiger partial charge >= 0.3 is 0 Å². The highest BCUT2D eigenvalue weighted by Crippen LogP contribution is 2.44. The predicted molar refractivity (Wildman–Crippen MR) is 365 cm³/mol. The molecule has 88 heavy (non-hydrogen) atoms. The Morgan fingerprint density at radius 2 is 0.795 bits per heavy atom. The molecule has 7 heterocycles. The number of benzene rings is 12. The Morgan fingerprint density at radius 3 is 1.43 bits per heavy atom. The molecule has 0 radical (unpaired) electrons. The van der Waals surface area contributed by atoms with Crippen LogP contribution in [0.3, 0.4) is 0 Å². The highest BCUT2D eigenvalue weighted by Gasteiger charge is 2.25. The molecule has 9 heteroatoms. The molecule has 0 unspecified atom stereocenters. The standard InChI is InChI=1S/C42H25N3O.C37H22N4S/c1-2-11-27(12-3-1)41-43-39-35-24-32(31-19-18-26-10-4-5-13-28(26)22-31)20-21-38(35)46-40(39)42(44-41)45-36-17-9-8-16-33(36)34-23-29-14-6-7-15-30(29)25-37(34)45;1-2-9-23(10-3-1)36-39-34-30-20-26(27-13-8-18-38-22-27)16-17-33(30)42-35(34)37(40-36)41-31-15-7-6-14-28(31)29-19-24-11-4-5-12-25(24)21-32(29)41/h1-25H;1-22H. The van der Waals surface area contributed by atoms with Crippen molar-refractivity contribution in [3.63, 3.8) is 0 Å². The normalized spacial score (nSPS) is 11.9. The van der Waals surface area contributed by atoms with E-state index in [0.717, 1.165) is 105 Å². The van der Waals surface area contributed by atoms with Gasteiger partial charge in [-0.3, -0.25) is 14.1 Å². The van der Waals surface area contributed by atoms with E-state index in [2.05, 4.69) is 245 Å². The van der Waals surface area contributed by atoms with Crippen LogP contribution in [0, 0.1) is 0 Å². The van der Waals surface area contributed by atoms with Gasteiger partial charge < -0.3 is 4.42 Å². The van der Waals surface area contributed by atoms with Crippen LogP contribution in [0.4, 0.5) is 0 Å². The van der Waals surface area contributed by atoms with Crippen molar-refractivity contribution in [1.29, 1.82) is 0 Å². The molecule has 0 bridgehead atoms. The van der Waals surface area contributed by atoms with Crippen molar-refractivity contribution >= 4 is 130 Å². The highest BCUT2D eigenvalue weighted by molar-refractivity contribution is 7.26. The number of aromatic nitrogens is 7. The molecule has 0 aliphatic rings. The van der Waals surface area contributed by atoms with Crippen molar-refractivity contribution < 1.29 is 4.42 Å². The van der Waals surface area contributed by atoms with E-state index in [9.17, 15) is 0 Å². The van der Waals surface area contributed by atoms with Gasteiger partial charge in [0.25, 0.3) is 0 Å². The van der Waals surface area contributed by atoms with Crippen LogP contribution in [0.2, 0.25) is 0 Å². The minimum Gasteiger partial charge on any atom is -0.450 e. The zero-order chi connectivity index (χ0) is 57.8. The number of thiophene rings is 1. The molecule has 0 atom stereocenters. The lowest BCUT2D eigenvalue weighted by molar-refractivity contribution is 0.662. The second kappa shape index (κ2) is 20.0. The van der Waals surface area contributed by atoms with Crippen molar-refractivity contribution in [3.8, 4) is 56.7 Å². The molecule has 0 amide bonds. The molecule has 8 nitrogen and oxygen atoms in total. The molecule has 12 aromatic carbocycles. The van der Waals surface area contributed by atoms with E-state index in [4.69, 9.17) is 24.4 Å². The Hall–Kier alpha value is -11.7. The summed E-state index contributed by atoms with van der Waals surface area (Å²) in [6.45, 7) is 0. The Morgan fingerprint density at radius 1 is 0.307 bits per heavy atom. The van der Waals surface area contributed by atoms with Crippen LogP contribution in [-0.2, 0) is 0 Å². The Balaban J connectivity index is 0.000000132. The maximum atomic E-state index is 6.70. The lowest BCUT2D eigenvalue weighted by Crippen LogP contribution is -2.01. The van der Waals surface area contributed by atoms with E-state index < -0.39 is 0 Å². The van der Waals surface area contributed by atoms with Crippen molar-refractivity contribution in [1.82, 2.24) is 34.1 Å². The number of pyridine rings is 1. The average molecular weight is 1140 g/mol. The number of fused-ring (bicyclic) bond motifs is 15. The van der Waals surface area contributed by atoms with Gasteiger partial charge in [0.2, 0.25) is 0 Å². The number of rotatable bonds is 6. The van der Waals surface area contributed by atoms with Gasteiger partial charge in [0, 0.05) is 66.1 Å². The van der Waals surface area contributed by atoms with Gasteiger partial charge in [-0.15, -0.1) is 11.3 Å². The molecule has 0 aliphatic heterocycles. The zero-order valence-corrected chi connectivity index (χ0v) is 47.9. The molecule has 0 spiro atoms. The van der Waals surface area contributed by atoms with E-state index in [1.54, 1.807) is 11.3 Å². The van der Waals surface area contributed by atoms with Crippen molar-refractivity contribution in [2.24, 2.45) is 0 Å². The molecule has 0 N–H and O–H groups in total. The SMILES string of the molecule is c1ccc(-c2nc(-n3c4ccccc4c4cc5ccccc5cc43)c3oc4ccc(-c5ccc6ccccc6c5)cc4c3n2)cc1.c1ccc(-c2nc(-n3c4ccccc4c4cc5ccccc5cc43)c3sc4ccc(-c5cccnc5)cc4c3n2)cc1. The summed E-state index contributed by atoms with van der Waals surface area (Å²) in [4.78, 5) is 25.3. The average Bonchev–Trinajstić information content (AvgIpc) is 2.09. The van der Waals surface area contributed by atoms with Gasteiger partial charge in [-0.1, -0.05) is 200 Å². The summed E-state index contributed by atoms with van der Waals surface area (Å²) in [6, 6.07) is 96.1. The first kappa shape index (κ1) is 49.7. The lowest BCUT2D eigenvalue weighted by atomic mass is 10.00. The predicted octanol–water partition coefficient (Wildman–Crippen LogP) is 20.9. The van der Waals surface area contributed by atoms with E-state index in [1.165, 1.54) is 58.6 Å². The maximum Gasteiger partial charge on any atom is 0.197 e. The highest BCUT2D eigenvalue weighted by atomic mass is 32.1. The minimum absolute atomic E-state index is 0.661. The maximum absolute atomic E-state index is 6.70.